The topological polar surface area (TPSA) is 99.9 Å². The summed E-state index contributed by atoms with van der Waals surface area (Å²) in [6.07, 6.45) is 0. The van der Waals surface area contributed by atoms with Crippen LogP contribution >= 0.6 is 0 Å². The Balaban J connectivity index is 1.46. The van der Waals surface area contributed by atoms with E-state index in [2.05, 4.69) is 20.6 Å². The monoisotopic (exact) mass is 433 g/mol. The molecule has 0 spiro atoms. The lowest BCUT2D eigenvalue weighted by Crippen LogP contribution is -2.28. The lowest BCUT2D eigenvalue weighted by molar-refractivity contribution is 0.0946. The van der Waals surface area contributed by atoms with Crippen molar-refractivity contribution in [2.75, 3.05) is 27.4 Å². The number of ether oxygens (including phenoxy) is 3. The van der Waals surface area contributed by atoms with Gasteiger partial charge in [-0.25, -0.2) is 0 Å². The smallest absolute Gasteiger partial charge is 0.251 e. The summed E-state index contributed by atoms with van der Waals surface area (Å²) in [4.78, 5) is 12.2. The highest BCUT2D eigenvalue weighted by molar-refractivity contribution is 5.94. The van der Waals surface area contributed by atoms with E-state index < -0.39 is 0 Å². The number of hydrogen-bond donors (Lipinski definition) is 1. The molecule has 4 rings (SSSR count). The van der Waals surface area contributed by atoms with Gasteiger partial charge >= 0.3 is 0 Å². The maximum Gasteiger partial charge on any atom is 0.251 e. The lowest BCUT2D eigenvalue weighted by atomic mass is 10.1. The van der Waals surface area contributed by atoms with Crippen molar-refractivity contribution < 1.29 is 19.0 Å². The second-order valence-corrected chi connectivity index (χ2v) is 7.00. The van der Waals surface area contributed by atoms with Gasteiger partial charge in [-0.2, -0.15) is 4.52 Å². The highest BCUT2D eigenvalue weighted by Crippen LogP contribution is 2.32. The summed E-state index contributed by atoms with van der Waals surface area (Å²) < 4.78 is 18.1. The van der Waals surface area contributed by atoms with Crippen molar-refractivity contribution in [3.8, 4) is 28.8 Å². The fraction of sp³-hybridized carbons (Fsp3) is 0.217. The molecule has 2 heterocycles. The largest absolute Gasteiger partial charge is 0.497 e. The van der Waals surface area contributed by atoms with Gasteiger partial charge in [0.1, 0.15) is 18.1 Å². The van der Waals surface area contributed by atoms with Crippen LogP contribution in [0.2, 0.25) is 0 Å². The first-order chi connectivity index (χ1) is 15.6. The standard InChI is InChI=1S/C23H23N5O4/c1-15-4-6-16(7-5-15)23(29)24-12-13-32-21-11-10-20-25-26-22(28(20)27-21)18-14-17(30-2)8-9-19(18)31-3/h4-11,14H,12-13H2,1-3H3,(H,24,29). The van der Waals surface area contributed by atoms with E-state index in [0.717, 1.165) is 5.56 Å². The van der Waals surface area contributed by atoms with Gasteiger partial charge in [0.25, 0.3) is 5.91 Å². The third-order valence-corrected chi connectivity index (χ3v) is 4.84. The Kier molecular flexibility index (Phi) is 6.16. The number of aryl methyl sites for hydroxylation is 1. The fourth-order valence-electron chi connectivity index (χ4n) is 3.13. The van der Waals surface area contributed by atoms with E-state index in [1.54, 1.807) is 55.1 Å². The molecule has 1 amide bonds. The summed E-state index contributed by atoms with van der Waals surface area (Å²) >= 11 is 0. The van der Waals surface area contributed by atoms with Crippen molar-refractivity contribution in [2.45, 2.75) is 6.92 Å². The van der Waals surface area contributed by atoms with E-state index in [1.165, 1.54) is 0 Å². The lowest BCUT2D eigenvalue weighted by Gasteiger charge is -2.10. The van der Waals surface area contributed by atoms with Crippen molar-refractivity contribution in [2.24, 2.45) is 0 Å². The number of nitrogens with zero attached hydrogens (tertiary/aromatic N) is 4. The number of aromatic nitrogens is 4. The second kappa shape index (κ2) is 9.34. The molecule has 32 heavy (non-hydrogen) atoms. The number of benzene rings is 2. The second-order valence-electron chi connectivity index (χ2n) is 7.00. The van der Waals surface area contributed by atoms with Crippen molar-refractivity contribution in [1.82, 2.24) is 25.1 Å². The normalized spacial score (nSPS) is 10.7. The zero-order chi connectivity index (χ0) is 22.5. The molecule has 0 saturated heterocycles. The average Bonchev–Trinajstić information content (AvgIpc) is 3.24. The average molecular weight is 433 g/mol. The molecule has 4 aromatic rings. The highest BCUT2D eigenvalue weighted by atomic mass is 16.5. The van der Waals surface area contributed by atoms with Gasteiger partial charge in [0.05, 0.1) is 26.3 Å². The van der Waals surface area contributed by atoms with Crippen LogP contribution in [-0.4, -0.2) is 53.1 Å². The van der Waals surface area contributed by atoms with E-state index in [9.17, 15) is 4.79 Å². The minimum atomic E-state index is -0.150. The molecule has 0 fully saturated rings. The van der Waals surface area contributed by atoms with Crippen LogP contribution in [-0.2, 0) is 0 Å². The first-order valence-electron chi connectivity index (χ1n) is 10.0. The van der Waals surface area contributed by atoms with Crippen LogP contribution in [0.25, 0.3) is 17.0 Å². The van der Waals surface area contributed by atoms with Gasteiger partial charge in [-0.15, -0.1) is 15.3 Å². The summed E-state index contributed by atoms with van der Waals surface area (Å²) in [5.74, 6) is 2.00. The molecule has 0 aliphatic rings. The first kappa shape index (κ1) is 21.1. The molecule has 2 aromatic heterocycles. The fourth-order valence-corrected chi connectivity index (χ4v) is 3.13. The Bertz CT molecular complexity index is 1240. The number of nitrogens with one attached hydrogen (secondary N) is 1. The molecule has 0 unspecified atom stereocenters. The first-order valence-corrected chi connectivity index (χ1v) is 10.0. The van der Waals surface area contributed by atoms with Gasteiger partial charge < -0.3 is 19.5 Å². The highest BCUT2D eigenvalue weighted by Gasteiger charge is 2.16. The maximum absolute atomic E-state index is 12.2. The number of fused-ring (bicyclic) bond motifs is 1. The minimum Gasteiger partial charge on any atom is -0.497 e. The van der Waals surface area contributed by atoms with E-state index in [-0.39, 0.29) is 12.5 Å². The molecule has 0 aliphatic heterocycles. The Morgan fingerprint density at radius 1 is 1.00 bits per heavy atom. The Labute approximate surface area is 185 Å². The molecule has 0 aliphatic carbocycles. The summed E-state index contributed by atoms with van der Waals surface area (Å²) in [5.41, 5.74) is 2.96. The Morgan fingerprint density at radius 3 is 2.56 bits per heavy atom. The van der Waals surface area contributed by atoms with Crippen molar-refractivity contribution in [1.29, 1.82) is 0 Å². The third kappa shape index (κ3) is 4.46. The molecule has 0 atom stereocenters. The van der Waals surface area contributed by atoms with Gasteiger partial charge in [-0.3, -0.25) is 4.79 Å². The van der Waals surface area contributed by atoms with Crippen LogP contribution < -0.4 is 19.5 Å². The van der Waals surface area contributed by atoms with Gasteiger partial charge in [0.2, 0.25) is 5.88 Å². The molecule has 0 radical (unpaired) electrons. The van der Waals surface area contributed by atoms with Crippen molar-refractivity contribution in [3.05, 3.63) is 65.7 Å². The van der Waals surface area contributed by atoms with E-state index in [0.29, 0.717) is 46.5 Å². The minimum absolute atomic E-state index is 0.150. The summed E-state index contributed by atoms with van der Waals surface area (Å²) in [6.45, 7) is 2.58. The number of carbonyl (C=O) groups is 1. The molecule has 1 N–H and O–H groups in total. The Hall–Kier alpha value is -4.14. The SMILES string of the molecule is COc1ccc(OC)c(-c2nnc3ccc(OCCNC(=O)c4ccc(C)cc4)nn23)c1. The van der Waals surface area contributed by atoms with Crippen molar-refractivity contribution in [3.63, 3.8) is 0 Å². The maximum atomic E-state index is 12.2. The van der Waals surface area contributed by atoms with E-state index >= 15 is 0 Å². The molecule has 0 bridgehead atoms. The molecular formula is C23H23N5O4. The van der Waals surface area contributed by atoms with E-state index in [4.69, 9.17) is 14.2 Å². The van der Waals surface area contributed by atoms with E-state index in [1.807, 2.05) is 25.1 Å². The zero-order valence-electron chi connectivity index (χ0n) is 18.0. The quantitative estimate of drug-likeness (QED) is 0.427. The summed E-state index contributed by atoms with van der Waals surface area (Å²) in [7, 11) is 3.18. The summed E-state index contributed by atoms with van der Waals surface area (Å²) in [5, 5.41) is 15.7. The van der Waals surface area contributed by atoms with Crippen molar-refractivity contribution >= 4 is 11.6 Å². The third-order valence-electron chi connectivity index (χ3n) is 4.84. The number of amides is 1. The Morgan fingerprint density at radius 2 is 1.81 bits per heavy atom. The predicted molar refractivity (Wildman–Crippen MR) is 118 cm³/mol. The number of hydrogen-bond acceptors (Lipinski definition) is 7. The van der Waals surface area contributed by atoms with Gasteiger partial charge in [0.15, 0.2) is 11.5 Å². The van der Waals surface area contributed by atoms with Gasteiger partial charge in [0, 0.05) is 11.6 Å². The molecular weight excluding hydrogens is 410 g/mol. The predicted octanol–water partition coefficient (Wildman–Crippen LogP) is 2.93. The molecule has 2 aromatic carbocycles. The molecule has 9 heteroatoms. The van der Waals surface area contributed by atoms with Crippen LogP contribution in [0.5, 0.6) is 17.4 Å². The van der Waals surface area contributed by atoms with Crippen LogP contribution in [0.1, 0.15) is 15.9 Å². The number of carbonyl (C=O) groups excluding carboxylic acids is 1. The molecule has 164 valence electrons. The van der Waals surface area contributed by atoms with Gasteiger partial charge in [-0.05, 0) is 43.3 Å². The zero-order valence-corrected chi connectivity index (χ0v) is 18.0. The number of methoxy groups -OCH3 is 2. The van der Waals surface area contributed by atoms with Crippen LogP contribution in [0.3, 0.4) is 0 Å². The number of rotatable bonds is 8. The van der Waals surface area contributed by atoms with Crippen LogP contribution in [0.15, 0.2) is 54.6 Å². The summed E-state index contributed by atoms with van der Waals surface area (Å²) in [6, 6.07) is 16.3. The van der Waals surface area contributed by atoms with Crippen LogP contribution in [0, 0.1) is 6.92 Å². The molecule has 0 saturated carbocycles. The van der Waals surface area contributed by atoms with Crippen LogP contribution in [0.4, 0.5) is 0 Å². The molecule has 9 nitrogen and oxygen atoms in total. The van der Waals surface area contributed by atoms with Gasteiger partial charge in [-0.1, -0.05) is 17.7 Å².